The number of carbonyl (C=O) groups is 1. The van der Waals surface area contributed by atoms with E-state index in [1.165, 1.54) is 30.8 Å². The van der Waals surface area contributed by atoms with Crippen LogP contribution < -0.4 is 21.3 Å². The van der Waals surface area contributed by atoms with Gasteiger partial charge in [0, 0.05) is 14.1 Å². The fourth-order valence-electron chi connectivity index (χ4n) is 3.71. The number of pyridine rings is 1. The first kappa shape index (κ1) is 22.0. The van der Waals surface area contributed by atoms with Crippen LogP contribution in [0, 0.1) is 0 Å². The average molecular weight is 444 g/mol. The molecule has 1 atom stereocenters. The van der Waals surface area contributed by atoms with Crippen molar-refractivity contribution in [1.82, 2.24) is 19.4 Å². The highest BCUT2D eigenvalue weighted by atomic mass is 16.5. The van der Waals surface area contributed by atoms with Crippen LogP contribution in [0.15, 0.2) is 76.3 Å². The summed E-state index contributed by atoms with van der Waals surface area (Å²) in [5, 5.41) is 3.30. The molecule has 8 nitrogen and oxygen atoms in total. The molecule has 2 heterocycles. The van der Waals surface area contributed by atoms with E-state index in [1.807, 2.05) is 61.5 Å². The predicted octanol–water partition coefficient (Wildman–Crippen LogP) is 2.55. The van der Waals surface area contributed by atoms with Crippen LogP contribution in [0.1, 0.15) is 34.6 Å². The first-order chi connectivity index (χ1) is 15.9. The van der Waals surface area contributed by atoms with Crippen LogP contribution >= 0.6 is 0 Å². The number of ether oxygens (including phenoxy) is 1. The van der Waals surface area contributed by atoms with Gasteiger partial charge in [0.25, 0.3) is 11.5 Å². The Morgan fingerprint density at radius 1 is 0.939 bits per heavy atom. The summed E-state index contributed by atoms with van der Waals surface area (Å²) in [6, 6.07) is 19.7. The lowest BCUT2D eigenvalue weighted by Crippen LogP contribution is -2.37. The number of nitrogens with one attached hydrogen (secondary N) is 1. The van der Waals surface area contributed by atoms with Crippen molar-refractivity contribution in [3.05, 3.63) is 104 Å². The fraction of sp³-hybridized carbons (Fsp3) is 0.200. The number of amides is 1. The molecule has 0 saturated carbocycles. The van der Waals surface area contributed by atoms with Gasteiger partial charge < -0.3 is 10.1 Å². The molecule has 0 fully saturated rings. The van der Waals surface area contributed by atoms with Crippen LogP contribution in [0.25, 0.3) is 11.0 Å². The molecule has 0 radical (unpaired) electrons. The minimum atomic E-state index is -0.505. The van der Waals surface area contributed by atoms with Gasteiger partial charge in [-0.1, -0.05) is 42.5 Å². The molecule has 0 aliphatic heterocycles. The van der Waals surface area contributed by atoms with Gasteiger partial charge in [0.2, 0.25) is 0 Å². The van der Waals surface area contributed by atoms with Crippen LogP contribution in [0.2, 0.25) is 0 Å². The van der Waals surface area contributed by atoms with Gasteiger partial charge in [-0.15, -0.1) is 0 Å². The summed E-state index contributed by atoms with van der Waals surface area (Å²) in [6.45, 7) is 2.49. The van der Waals surface area contributed by atoms with Crippen molar-refractivity contribution >= 4 is 16.9 Å². The second-order valence-corrected chi connectivity index (χ2v) is 7.59. The Balaban J connectivity index is 1.72. The van der Waals surface area contributed by atoms with Crippen LogP contribution in [0.3, 0.4) is 0 Å². The number of hydrogen-bond donors (Lipinski definition) is 1. The Morgan fingerprint density at radius 3 is 2.27 bits per heavy atom. The maximum Gasteiger partial charge on any atom is 0.332 e. The predicted molar refractivity (Wildman–Crippen MR) is 126 cm³/mol. The zero-order valence-corrected chi connectivity index (χ0v) is 18.6. The molecule has 1 N–H and O–H groups in total. The van der Waals surface area contributed by atoms with Gasteiger partial charge in [0.15, 0.2) is 0 Å². The molecule has 2 aromatic heterocycles. The molecule has 8 heteroatoms. The lowest BCUT2D eigenvalue weighted by Gasteiger charge is -2.20. The Morgan fingerprint density at radius 2 is 1.61 bits per heavy atom. The van der Waals surface area contributed by atoms with E-state index in [0.29, 0.717) is 6.61 Å². The normalized spacial score (nSPS) is 11.8. The highest BCUT2D eigenvalue weighted by Gasteiger charge is 2.20. The molecule has 33 heavy (non-hydrogen) atoms. The van der Waals surface area contributed by atoms with Crippen molar-refractivity contribution in [1.29, 1.82) is 0 Å². The number of benzene rings is 2. The lowest BCUT2D eigenvalue weighted by molar-refractivity contribution is 0.0938. The number of aromatic nitrogens is 3. The van der Waals surface area contributed by atoms with Crippen molar-refractivity contribution in [2.75, 3.05) is 6.61 Å². The number of fused-ring (bicyclic) bond motifs is 1. The van der Waals surface area contributed by atoms with Gasteiger partial charge >= 0.3 is 5.69 Å². The van der Waals surface area contributed by atoms with E-state index < -0.39 is 23.2 Å². The maximum absolute atomic E-state index is 13.2. The second-order valence-electron chi connectivity index (χ2n) is 7.59. The highest BCUT2D eigenvalue weighted by Crippen LogP contribution is 2.25. The van der Waals surface area contributed by atoms with Crippen LogP contribution in [-0.2, 0) is 14.1 Å². The van der Waals surface area contributed by atoms with E-state index in [-0.39, 0.29) is 16.7 Å². The number of rotatable bonds is 6. The number of aryl methyl sites for hydroxylation is 1. The molecule has 168 valence electrons. The maximum atomic E-state index is 13.2. The van der Waals surface area contributed by atoms with Gasteiger partial charge in [0.1, 0.15) is 17.1 Å². The van der Waals surface area contributed by atoms with Gasteiger partial charge in [0.05, 0.1) is 18.0 Å². The molecule has 0 saturated heterocycles. The number of carbonyl (C=O) groups excluding carboxylic acids is 1. The molecular weight excluding hydrogens is 420 g/mol. The van der Waals surface area contributed by atoms with E-state index in [9.17, 15) is 14.4 Å². The molecule has 4 aromatic rings. The summed E-state index contributed by atoms with van der Waals surface area (Å²) >= 11 is 0. The fourth-order valence-corrected chi connectivity index (χ4v) is 3.71. The minimum absolute atomic E-state index is 0.109. The zero-order valence-electron chi connectivity index (χ0n) is 18.6. The van der Waals surface area contributed by atoms with Gasteiger partial charge in [-0.05, 0) is 42.3 Å². The van der Waals surface area contributed by atoms with Crippen molar-refractivity contribution in [3.63, 3.8) is 0 Å². The number of nitrogens with zero attached hydrogens (tertiary/aromatic N) is 3. The summed E-state index contributed by atoms with van der Waals surface area (Å²) in [7, 11) is 2.93. The van der Waals surface area contributed by atoms with Crippen molar-refractivity contribution in [2.45, 2.75) is 13.0 Å². The summed E-state index contributed by atoms with van der Waals surface area (Å²) in [4.78, 5) is 42.2. The Bertz CT molecular complexity index is 1420. The lowest BCUT2D eigenvalue weighted by atomic mass is 9.98. The second kappa shape index (κ2) is 9.12. The molecule has 0 aliphatic rings. The largest absolute Gasteiger partial charge is 0.494 e. The SMILES string of the molecule is CCOc1ccc(C(NC(=O)c2ccc3c(=O)n(C)c(=O)n(C)c3n2)c2ccccc2)cc1. The quantitative estimate of drug-likeness (QED) is 0.493. The first-order valence-electron chi connectivity index (χ1n) is 10.6. The van der Waals surface area contributed by atoms with Crippen LogP contribution in [0.5, 0.6) is 5.75 Å². The molecular formula is C25H24N4O4. The molecule has 2 aromatic carbocycles. The molecule has 0 aliphatic carbocycles. The molecule has 1 unspecified atom stereocenters. The first-order valence-corrected chi connectivity index (χ1v) is 10.6. The summed E-state index contributed by atoms with van der Waals surface area (Å²) < 4.78 is 7.80. The smallest absolute Gasteiger partial charge is 0.332 e. The Kier molecular flexibility index (Phi) is 6.08. The summed E-state index contributed by atoms with van der Waals surface area (Å²) in [6.07, 6.45) is 0. The van der Waals surface area contributed by atoms with E-state index in [2.05, 4.69) is 10.3 Å². The highest BCUT2D eigenvalue weighted by molar-refractivity contribution is 5.94. The monoisotopic (exact) mass is 444 g/mol. The summed E-state index contributed by atoms with van der Waals surface area (Å²) in [5.41, 5.74) is 1.08. The standard InChI is InChI=1S/C25H24N4O4/c1-4-33-18-12-10-17(11-13-18)21(16-8-6-5-7-9-16)27-23(30)20-15-14-19-22(26-20)28(2)25(32)29(3)24(19)31/h5-15,21H,4H2,1-3H3,(H,27,30). The van der Waals surface area contributed by atoms with Crippen LogP contribution in [0.4, 0.5) is 0 Å². The van der Waals surface area contributed by atoms with E-state index in [0.717, 1.165) is 21.4 Å². The van der Waals surface area contributed by atoms with Crippen molar-refractivity contribution in [2.24, 2.45) is 14.1 Å². The van der Waals surface area contributed by atoms with Crippen molar-refractivity contribution < 1.29 is 9.53 Å². The Hall–Kier alpha value is -4.20. The summed E-state index contributed by atoms with van der Waals surface area (Å²) in [5.74, 6) is 0.325. The van der Waals surface area contributed by atoms with Crippen molar-refractivity contribution in [3.8, 4) is 5.75 Å². The van der Waals surface area contributed by atoms with Gasteiger partial charge in [-0.2, -0.15) is 0 Å². The molecule has 0 spiro atoms. The van der Waals surface area contributed by atoms with Crippen LogP contribution in [-0.4, -0.2) is 26.6 Å². The Labute approximate surface area is 190 Å². The molecule has 4 rings (SSSR count). The van der Waals surface area contributed by atoms with Gasteiger partial charge in [-0.3, -0.25) is 18.7 Å². The van der Waals surface area contributed by atoms with Gasteiger partial charge in [-0.25, -0.2) is 9.78 Å². The molecule has 1 amide bonds. The van der Waals surface area contributed by atoms with E-state index in [1.54, 1.807) is 0 Å². The van der Waals surface area contributed by atoms with E-state index in [4.69, 9.17) is 4.74 Å². The molecule has 0 bridgehead atoms. The third kappa shape index (κ3) is 4.27. The third-order valence-corrected chi connectivity index (χ3v) is 5.47. The average Bonchev–Trinajstić information content (AvgIpc) is 2.85. The number of hydrogen-bond acceptors (Lipinski definition) is 5. The van der Waals surface area contributed by atoms with E-state index >= 15 is 0 Å². The topological polar surface area (TPSA) is 95.2 Å². The zero-order chi connectivity index (χ0) is 23.5. The third-order valence-electron chi connectivity index (χ3n) is 5.47. The minimum Gasteiger partial charge on any atom is -0.494 e.